The van der Waals surface area contributed by atoms with Gasteiger partial charge in [0, 0.05) is 42.6 Å². The summed E-state index contributed by atoms with van der Waals surface area (Å²) in [5, 5.41) is 0.624. The fourth-order valence-corrected chi connectivity index (χ4v) is 4.42. The molecule has 0 N–H and O–H groups in total. The van der Waals surface area contributed by atoms with Crippen LogP contribution in [0.2, 0.25) is 5.02 Å². The molecule has 0 spiro atoms. The largest absolute Gasteiger partial charge is 0.309 e. The molecular formula is C21H16ClFN4O. The monoisotopic (exact) mass is 394 g/mol. The molecule has 2 aromatic carbocycles. The molecule has 2 aliphatic heterocycles. The van der Waals surface area contributed by atoms with Gasteiger partial charge in [-0.1, -0.05) is 23.7 Å². The van der Waals surface area contributed by atoms with E-state index in [2.05, 4.69) is 14.9 Å². The minimum atomic E-state index is -0.848. The number of carbonyl (C=O) groups excluding carboxylic acids is 1. The third kappa shape index (κ3) is 2.38. The number of benzene rings is 2. The zero-order valence-corrected chi connectivity index (χ0v) is 15.6. The van der Waals surface area contributed by atoms with Gasteiger partial charge in [-0.25, -0.2) is 4.39 Å². The Kier molecular flexibility index (Phi) is 3.92. The number of nitrogens with zero attached hydrogens (tertiary/aromatic N) is 4. The van der Waals surface area contributed by atoms with Crippen LogP contribution in [0.25, 0.3) is 0 Å². The first kappa shape index (κ1) is 17.3. The van der Waals surface area contributed by atoms with Gasteiger partial charge in [-0.2, -0.15) is 0 Å². The van der Waals surface area contributed by atoms with Crippen LogP contribution in [0.15, 0.2) is 60.9 Å². The number of hydrogen-bond donors (Lipinski definition) is 0. The van der Waals surface area contributed by atoms with E-state index >= 15 is 0 Å². The van der Waals surface area contributed by atoms with Gasteiger partial charge in [-0.3, -0.25) is 19.7 Å². The molecule has 0 aliphatic carbocycles. The molecule has 0 radical (unpaired) electrons. The van der Waals surface area contributed by atoms with Crippen molar-refractivity contribution < 1.29 is 9.18 Å². The van der Waals surface area contributed by atoms with Crippen molar-refractivity contribution in [2.75, 3.05) is 13.1 Å². The Hall–Kier alpha value is -2.83. The summed E-state index contributed by atoms with van der Waals surface area (Å²) in [5.74, 6) is -0.542. The van der Waals surface area contributed by atoms with Crippen molar-refractivity contribution in [1.29, 1.82) is 0 Å². The second-order valence-corrected chi connectivity index (χ2v) is 7.35. The van der Waals surface area contributed by atoms with Crippen LogP contribution >= 0.6 is 11.6 Å². The number of hydrogen-bond acceptors (Lipinski definition) is 4. The van der Waals surface area contributed by atoms with Gasteiger partial charge in [-0.05, 0) is 42.0 Å². The fraction of sp³-hybridized carbons (Fsp3) is 0.190. The lowest BCUT2D eigenvalue weighted by atomic mass is 9.94. The van der Waals surface area contributed by atoms with Crippen molar-refractivity contribution in [3.8, 4) is 0 Å². The van der Waals surface area contributed by atoms with Gasteiger partial charge in [0.05, 0.1) is 5.69 Å². The summed E-state index contributed by atoms with van der Waals surface area (Å²) in [5.41, 5.74) is 2.11. The van der Waals surface area contributed by atoms with E-state index in [9.17, 15) is 9.18 Å². The van der Waals surface area contributed by atoms with Crippen LogP contribution in [0.3, 0.4) is 0 Å². The van der Waals surface area contributed by atoms with E-state index in [0.29, 0.717) is 30.2 Å². The summed E-state index contributed by atoms with van der Waals surface area (Å²) in [4.78, 5) is 26.6. The second-order valence-electron chi connectivity index (χ2n) is 6.92. The highest BCUT2D eigenvalue weighted by molar-refractivity contribution is 6.30. The summed E-state index contributed by atoms with van der Waals surface area (Å²) in [7, 11) is 0. The lowest BCUT2D eigenvalue weighted by Crippen LogP contribution is -2.51. The van der Waals surface area contributed by atoms with E-state index in [-0.39, 0.29) is 11.7 Å². The highest BCUT2D eigenvalue weighted by Crippen LogP contribution is 2.48. The molecule has 5 nitrogen and oxygen atoms in total. The summed E-state index contributed by atoms with van der Waals surface area (Å²) in [6.07, 6.45) is 3.32. The van der Waals surface area contributed by atoms with Gasteiger partial charge >= 0.3 is 0 Å². The molecular weight excluding hydrogens is 379 g/mol. The maximum absolute atomic E-state index is 13.5. The molecule has 28 heavy (non-hydrogen) atoms. The minimum absolute atomic E-state index is 0.170. The van der Waals surface area contributed by atoms with E-state index < -0.39 is 5.66 Å². The van der Waals surface area contributed by atoms with E-state index in [1.165, 1.54) is 24.3 Å². The maximum atomic E-state index is 13.5. The quantitative estimate of drug-likeness (QED) is 0.668. The molecule has 1 fully saturated rings. The lowest BCUT2D eigenvalue weighted by molar-refractivity contribution is 0.0392. The summed E-state index contributed by atoms with van der Waals surface area (Å²) < 4.78 is 13.4. The van der Waals surface area contributed by atoms with Crippen LogP contribution in [0.1, 0.15) is 27.3 Å². The van der Waals surface area contributed by atoms with E-state index in [1.54, 1.807) is 12.4 Å². The number of rotatable bonds is 2. The first-order valence-electron chi connectivity index (χ1n) is 8.99. The SMILES string of the molecule is O=C(c1ccc(F)cc1)N1CCN2Cc3nccnc3C21c1ccc(Cl)cc1. The molecule has 140 valence electrons. The van der Waals surface area contributed by atoms with Crippen LogP contribution in [0, 0.1) is 5.82 Å². The standard InChI is InChI=1S/C21H16ClFN4O/c22-16-5-3-15(4-6-16)21-19-18(24-9-10-25-19)13-26(21)11-12-27(21)20(28)14-1-7-17(23)8-2-14/h1-10H,11-13H2. The Bertz CT molecular complexity index is 1060. The third-order valence-corrected chi connectivity index (χ3v) is 5.72. The number of aromatic nitrogens is 2. The van der Waals surface area contributed by atoms with Crippen molar-refractivity contribution in [1.82, 2.24) is 19.8 Å². The molecule has 1 atom stereocenters. The maximum Gasteiger partial charge on any atom is 0.255 e. The van der Waals surface area contributed by atoms with Crippen LogP contribution < -0.4 is 0 Å². The first-order chi connectivity index (χ1) is 13.6. The summed E-state index contributed by atoms with van der Waals surface area (Å²) in [6.45, 7) is 1.83. The molecule has 1 saturated heterocycles. The smallest absolute Gasteiger partial charge is 0.255 e. The average Bonchev–Trinajstić information content (AvgIpc) is 3.23. The van der Waals surface area contributed by atoms with Crippen molar-refractivity contribution in [3.63, 3.8) is 0 Å². The molecule has 1 unspecified atom stereocenters. The fourth-order valence-electron chi connectivity index (χ4n) is 4.29. The Balaban J connectivity index is 1.70. The molecule has 1 amide bonds. The number of halogens is 2. The van der Waals surface area contributed by atoms with Crippen LogP contribution in [0.4, 0.5) is 4.39 Å². The van der Waals surface area contributed by atoms with Crippen molar-refractivity contribution in [2.24, 2.45) is 0 Å². The highest BCUT2D eigenvalue weighted by Gasteiger charge is 2.58. The van der Waals surface area contributed by atoms with E-state index in [0.717, 1.165) is 17.0 Å². The van der Waals surface area contributed by atoms with Crippen molar-refractivity contribution in [2.45, 2.75) is 12.2 Å². The predicted octanol–water partition coefficient (Wildman–Crippen LogP) is 3.44. The second kappa shape index (κ2) is 6.36. The molecule has 7 heteroatoms. The average molecular weight is 395 g/mol. The van der Waals surface area contributed by atoms with Crippen LogP contribution in [-0.4, -0.2) is 38.8 Å². The normalized spacial score (nSPS) is 20.9. The van der Waals surface area contributed by atoms with Gasteiger partial charge in [0.15, 0.2) is 5.66 Å². The van der Waals surface area contributed by atoms with Gasteiger partial charge < -0.3 is 4.90 Å². The molecule has 2 aliphatic rings. The van der Waals surface area contributed by atoms with Crippen LogP contribution in [-0.2, 0) is 12.2 Å². The number of fused-ring (bicyclic) bond motifs is 3. The highest BCUT2D eigenvalue weighted by atomic mass is 35.5. The van der Waals surface area contributed by atoms with E-state index in [1.807, 2.05) is 29.2 Å². The minimum Gasteiger partial charge on any atom is -0.309 e. The number of carbonyl (C=O) groups is 1. The zero-order chi connectivity index (χ0) is 19.3. The lowest BCUT2D eigenvalue weighted by Gasteiger charge is -2.39. The predicted molar refractivity (Wildman–Crippen MR) is 102 cm³/mol. The first-order valence-corrected chi connectivity index (χ1v) is 9.37. The van der Waals surface area contributed by atoms with E-state index in [4.69, 9.17) is 11.6 Å². The Labute approximate surface area is 166 Å². The topological polar surface area (TPSA) is 49.3 Å². The van der Waals surface area contributed by atoms with Gasteiger partial charge in [0.2, 0.25) is 0 Å². The Morgan fingerprint density at radius 1 is 1.00 bits per heavy atom. The molecule has 0 saturated carbocycles. The van der Waals surface area contributed by atoms with Crippen molar-refractivity contribution in [3.05, 3.63) is 94.3 Å². The molecule has 0 bridgehead atoms. The van der Waals surface area contributed by atoms with Gasteiger partial charge in [0.1, 0.15) is 11.5 Å². The van der Waals surface area contributed by atoms with Crippen LogP contribution in [0.5, 0.6) is 0 Å². The molecule has 1 aromatic heterocycles. The summed E-state index contributed by atoms with van der Waals surface area (Å²) >= 11 is 6.11. The van der Waals surface area contributed by atoms with Gasteiger partial charge in [0.25, 0.3) is 5.91 Å². The molecule has 5 rings (SSSR count). The Morgan fingerprint density at radius 2 is 1.71 bits per heavy atom. The zero-order valence-electron chi connectivity index (χ0n) is 14.8. The molecule has 3 heterocycles. The number of amides is 1. The third-order valence-electron chi connectivity index (χ3n) is 5.47. The Morgan fingerprint density at radius 3 is 2.46 bits per heavy atom. The van der Waals surface area contributed by atoms with Gasteiger partial charge in [-0.15, -0.1) is 0 Å². The van der Waals surface area contributed by atoms with Crippen molar-refractivity contribution >= 4 is 17.5 Å². The summed E-state index contributed by atoms with van der Waals surface area (Å²) in [6, 6.07) is 13.1. The molecule has 3 aromatic rings.